The molecular formula is C15H19N5O2S. The Morgan fingerprint density at radius 1 is 1.35 bits per heavy atom. The van der Waals surface area contributed by atoms with Crippen molar-refractivity contribution >= 4 is 28.9 Å². The third kappa shape index (κ3) is 3.48. The lowest BCUT2D eigenvalue weighted by molar-refractivity contribution is 0.101. The zero-order chi connectivity index (χ0) is 16.4. The second-order valence-electron chi connectivity index (χ2n) is 5.56. The molecule has 0 unspecified atom stereocenters. The first-order chi connectivity index (χ1) is 11.0. The molecule has 7 nitrogen and oxygen atoms in total. The number of nitrogens with two attached hydrogens (primary N) is 1. The first-order valence-corrected chi connectivity index (χ1v) is 8.18. The molecule has 0 aliphatic carbocycles. The van der Waals surface area contributed by atoms with Crippen molar-refractivity contribution in [2.75, 3.05) is 43.9 Å². The van der Waals surface area contributed by atoms with Crippen molar-refractivity contribution < 1.29 is 9.32 Å². The van der Waals surface area contributed by atoms with Crippen LogP contribution in [0, 0.1) is 0 Å². The summed E-state index contributed by atoms with van der Waals surface area (Å²) in [6.07, 6.45) is 3.14. The van der Waals surface area contributed by atoms with Crippen molar-refractivity contribution in [3.63, 3.8) is 0 Å². The molecule has 1 aliphatic rings. The van der Waals surface area contributed by atoms with E-state index in [1.54, 1.807) is 6.20 Å². The number of nitrogens with zero attached hydrogens (tertiary/aromatic N) is 4. The summed E-state index contributed by atoms with van der Waals surface area (Å²) in [5, 5.41) is 5.06. The number of ketones is 1. The van der Waals surface area contributed by atoms with Crippen LogP contribution in [0.2, 0.25) is 0 Å². The molecule has 0 bridgehead atoms. The van der Waals surface area contributed by atoms with Crippen LogP contribution in [-0.4, -0.2) is 54.1 Å². The van der Waals surface area contributed by atoms with Gasteiger partial charge in [0.2, 0.25) is 0 Å². The molecule has 0 radical (unpaired) electrons. The molecule has 2 aromatic heterocycles. The minimum atomic E-state index is -0.0872. The Bertz CT molecular complexity index is 710. The number of piperazine rings is 1. The Balaban J connectivity index is 1.77. The topological polar surface area (TPSA) is 88.5 Å². The Hall–Kier alpha value is -2.06. The maximum Gasteiger partial charge on any atom is 0.165 e. The van der Waals surface area contributed by atoms with Crippen LogP contribution in [0.5, 0.6) is 0 Å². The highest BCUT2D eigenvalue weighted by Crippen LogP contribution is 2.32. The first-order valence-electron chi connectivity index (χ1n) is 7.37. The summed E-state index contributed by atoms with van der Waals surface area (Å²) in [4.78, 5) is 20.5. The Morgan fingerprint density at radius 3 is 2.74 bits per heavy atom. The molecule has 122 valence electrons. The molecule has 2 N–H and O–H groups in total. The van der Waals surface area contributed by atoms with E-state index in [4.69, 9.17) is 10.3 Å². The van der Waals surface area contributed by atoms with E-state index < -0.39 is 0 Å². The number of Topliss-reactive ketones (excluding diaryl/α,β-unsaturated/α-hetero) is 1. The van der Waals surface area contributed by atoms with Crippen molar-refractivity contribution in [1.29, 1.82) is 0 Å². The Morgan fingerprint density at radius 2 is 2.09 bits per heavy atom. The maximum absolute atomic E-state index is 11.5. The highest BCUT2D eigenvalue weighted by Gasteiger charge is 2.18. The van der Waals surface area contributed by atoms with E-state index in [0.717, 1.165) is 31.9 Å². The summed E-state index contributed by atoms with van der Waals surface area (Å²) in [7, 11) is 2.11. The van der Waals surface area contributed by atoms with Crippen molar-refractivity contribution in [1.82, 2.24) is 15.0 Å². The van der Waals surface area contributed by atoms with Gasteiger partial charge in [0, 0.05) is 26.2 Å². The molecule has 3 heterocycles. The summed E-state index contributed by atoms with van der Waals surface area (Å²) in [6.45, 7) is 5.38. The van der Waals surface area contributed by atoms with E-state index in [1.165, 1.54) is 24.9 Å². The van der Waals surface area contributed by atoms with Gasteiger partial charge in [-0.15, -0.1) is 0 Å². The van der Waals surface area contributed by atoms with Crippen LogP contribution < -0.4 is 10.6 Å². The van der Waals surface area contributed by atoms with E-state index in [0.29, 0.717) is 21.3 Å². The Labute approximate surface area is 138 Å². The fourth-order valence-corrected chi connectivity index (χ4v) is 3.32. The third-order valence-corrected chi connectivity index (χ3v) is 4.77. The second-order valence-corrected chi connectivity index (χ2v) is 6.57. The number of hydrogen-bond donors (Lipinski definition) is 1. The molecule has 3 rings (SSSR count). The van der Waals surface area contributed by atoms with Crippen molar-refractivity contribution in [3.8, 4) is 0 Å². The third-order valence-electron chi connectivity index (χ3n) is 3.85. The largest absolute Gasteiger partial charge is 0.397 e. The zero-order valence-electron chi connectivity index (χ0n) is 13.2. The van der Waals surface area contributed by atoms with Crippen LogP contribution in [0.15, 0.2) is 33.1 Å². The Kier molecular flexibility index (Phi) is 4.53. The predicted octanol–water partition coefficient (Wildman–Crippen LogP) is 1.76. The maximum atomic E-state index is 11.5. The van der Waals surface area contributed by atoms with Crippen molar-refractivity contribution in [2.45, 2.75) is 17.0 Å². The number of carbonyl (C=O) groups is 1. The summed E-state index contributed by atoms with van der Waals surface area (Å²) in [5.41, 5.74) is 8.28. The average molecular weight is 333 g/mol. The molecule has 1 aliphatic heterocycles. The minimum Gasteiger partial charge on any atom is -0.397 e. The fourth-order valence-electron chi connectivity index (χ4n) is 2.44. The van der Waals surface area contributed by atoms with E-state index >= 15 is 0 Å². The second kappa shape index (κ2) is 6.59. The van der Waals surface area contributed by atoms with E-state index in [1.807, 2.05) is 6.07 Å². The van der Waals surface area contributed by atoms with Gasteiger partial charge in [0.25, 0.3) is 0 Å². The van der Waals surface area contributed by atoms with Crippen molar-refractivity contribution in [2.24, 2.45) is 0 Å². The number of rotatable bonds is 4. The van der Waals surface area contributed by atoms with E-state index in [2.05, 4.69) is 27.0 Å². The van der Waals surface area contributed by atoms with Gasteiger partial charge in [0.05, 0.1) is 23.1 Å². The van der Waals surface area contributed by atoms with Crippen molar-refractivity contribution in [3.05, 3.63) is 24.1 Å². The zero-order valence-corrected chi connectivity index (χ0v) is 14.0. The average Bonchev–Trinajstić information content (AvgIpc) is 2.97. The lowest BCUT2D eigenvalue weighted by atomic mass is 10.2. The molecule has 2 aromatic rings. The molecule has 0 aromatic carbocycles. The molecular weight excluding hydrogens is 314 g/mol. The van der Waals surface area contributed by atoms with Gasteiger partial charge < -0.3 is 20.1 Å². The molecule has 8 heteroatoms. The molecule has 0 spiro atoms. The van der Waals surface area contributed by atoms with Crippen LogP contribution in [0.3, 0.4) is 0 Å². The normalized spacial score (nSPS) is 15.8. The van der Waals surface area contributed by atoms with Crippen LogP contribution in [0.1, 0.15) is 17.3 Å². The van der Waals surface area contributed by atoms with Gasteiger partial charge in [0.1, 0.15) is 11.3 Å². The number of anilines is 2. The van der Waals surface area contributed by atoms with Gasteiger partial charge >= 0.3 is 0 Å². The standard InChI is InChI=1S/C15H19N5O2S/c1-10(21)11-9-22-18-15(11)23-14-7-12(16)13(8-17-14)20-5-3-19(2)4-6-20/h7-9H,3-6H2,1-2H3,(H2,16,17). The number of aromatic nitrogens is 2. The van der Waals surface area contributed by atoms with Gasteiger partial charge in [-0.25, -0.2) is 4.98 Å². The summed E-state index contributed by atoms with van der Waals surface area (Å²) < 4.78 is 4.87. The van der Waals surface area contributed by atoms with E-state index in [-0.39, 0.29) is 5.78 Å². The monoisotopic (exact) mass is 333 g/mol. The first kappa shape index (κ1) is 15.8. The number of pyridine rings is 1. The highest BCUT2D eigenvalue weighted by molar-refractivity contribution is 7.99. The van der Waals surface area contributed by atoms with Crippen LogP contribution in [0.4, 0.5) is 11.4 Å². The molecule has 1 fully saturated rings. The molecule has 1 saturated heterocycles. The SMILES string of the molecule is CC(=O)c1conc1Sc1cc(N)c(N2CCN(C)CC2)cn1. The molecule has 0 amide bonds. The summed E-state index contributed by atoms with van der Waals surface area (Å²) in [5.74, 6) is -0.0872. The number of likely N-dealkylation sites (N-methyl/N-ethyl adjacent to an activating group) is 1. The fraction of sp³-hybridized carbons (Fsp3) is 0.400. The molecule has 0 atom stereocenters. The number of hydrogen-bond acceptors (Lipinski definition) is 8. The number of carbonyl (C=O) groups excluding carboxylic acids is 1. The van der Waals surface area contributed by atoms with Gasteiger partial charge in [-0.05, 0) is 31.8 Å². The van der Waals surface area contributed by atoms with Gasteiger partial charge in [-0.1, -0.05) is 5.16 Å². The molecule has 0 saturated carbocycles. The van der Waals surface area contributed by atoms with Gasteiger partial charge in [-0.3, -0.25) is 4.79 Å². The molecule has 23 heavy (non-hydrogen) atoms. The highest BCUT2D eigenvalue weighted by atomic mass is 32.2. The predicted molar refractivity (Wildman–Crippen MR) is 89.0 cm³/mol. The van der Waals surface area contributed by atoms with Gasteiger partial charge in [-0.2, -0.15) is 0 Å². The van der Waals surface area contributed by atoms with Crippen LogP contribution >= 0.6 is 11.8 Å². The lowest BCUT2D eigenvalue weighted by Crippen LogP contribution is -2.44. The summed E-state index contributed by atoms with van der Waals surface area (Å²) >= 11 is 1.28. The summed E-state index contributed by atoms with van der Waals surface area (Å²) in [6, 6.07) is 1.82. The quantitative estimate of drug-likeness (QED) is 0.847. The van der Waals surface area contributed by atoms with E-state index in [9.17, 15) is 4.79 Å². The smallest absolute Gasteiger partial charge is 0.165 e. The van der Waals surface area contributed by atoms with Gasteiger partial charge in [0.15, 0.2) is 10.8 Å². The van der Waals surface area contributed by atoms with Crippen LogP contribution in [-0.2, 0) is 0 Å². The minimum absolute atomic E-state index is 0.0872. The number of nitrogen functional groups attached to an aromatic ring is 1. The lowest BCUT2D eigenvalue weighted by Gasteiger charge is -2.34. The van der Waals surface area contributed by atoms with Crippen LogP contribution in [0.25, 0.3) is 0 Å².